The average molecular weight is 330 g/mol. The molecule has 2 heteroatoms. The zero-order valence-electron chi connectivity index (χ0n) is 9.79. The molecule has 0 spiro atoms. The molecule has 1 aromatic rings. The van der Waals surface area contributed by atoms with E-state index in [1.165, 1.54) is 35.7 Å². The molecule has 0 bridgehead atoms. The van der Waals surface area contributed by atoms with Gasteiger partial charge in [0, 0.05) is 3.57 Å². The lowest BCUT2D eigenvalue weighted by Crippen LogP contribution is -2.29. The maximum Gasteiger partial charge on any atom is 0.119 e. The second-order valence-corrected chi connectivity index (χ2v) is 5.81. The van der Waals surface area contributed by atoms with Crippen LogP contribution in [0.4, 0.5) is 0 Å². The van der Waals surface area contributed by atoms with Crippen LogP contribution in [0.15, 0.2) is 24.3 Å². The van der Waals surface area contributed by atoms with Gasteiger partial charge in [-0.3, -0.25) is 0 Å². The molecule has 0 radical (unpaired) electrons. The van der Waals surface area contributed by atoms with Crippen molar-refractivity contribution in [2.75, 3.05) is 0 Å². The molecule has 2 atom stereocenters. The van der Waals surface area contributed by atoms with E-state index in [-0.39, 0.29) is 0 Å². The smallest absolute Gasteiger partial charge is 0.119 e. The first-order valence-corrected chi connectivity index (χ1v) is 7.29. The highest BCUT2D eigenvalue weighted by Gasteiger charge is 2.24. The molecule has 1 aromatic carbocycles. The van der Waals surface area contributed by atoms with Crippen LogP contribution in [-0.4, -0.2) is 6.10 Å². The minimum Gasteiger partial charge on any atom is -0.490 e. The summed E-state index contributed by atoms with van der Waals surface area (Å²) in [5.74, 6) is 1.79. The lowest BCUT2D eigenvalue weighted by atomic mass is 9.85. The van der Waals surface area contributed by atoms with Crippen molar-refractivity contribution in [3.8, 4) is 5.75 Å². The van der Waals surface area contributed by atoms with Gasteiger partial charge in [-0.25, -0.2) is 0 Å². The number of ether oxygens (including phenoxy) is 1. The van der Waals surface area contributed by atoms with Gasteiger partial charge in [0.2, 0.25) is 0 Å². The summed E-state index contributed by atoms with van der Waals surface area (Å²) in [6.07, 6.45) is 6.96. The van der Waals surface area contributed by atoms with Crippen LogP contribution in [-0.2, 0) is 0 Å². The van der Waals surface area contributed by atoms with E-state index in [4.69, 9.17) is 4.74 Å². The maximum atomic E-state index is 6.11. The highest BCUT2D eigenvalue weighted by molar-refractivity contribution is 14.1. The molecule has 2 unspecified atom stereocenters. The van der Waals surface area contributed by atoms with Crippen molar-refractivity contribution in [1.29, 1.82) is 0 Å². The van der Waals surface area contributed by atoms with Gasteiger partial charge in [0.1, 0.15) is 11.9 Å². The zero-order chi connectivity index (χ0) is 11.4. The van der Waals surface area contributed by atoms with Crippen molar-refractivity contribution in [3.63, 3.8) is 0 Å². The van der Waals surface area contributed by atoms with E-state index in [2.05, 4.69) is 53.8 Å². The Balaban J connectivity index is 1.99. The van der Waals surface area contributed by atoms with E-state index in [0.717, 1.165) is 11.7 Å². The third-order valence-electron chi connectivity index (χ3n) is 3.46. The van der Waals surface area contributed by atoms with Crippen molar-refractivity contribution < 1.29 is 4.74 Å². The van der Waals surface area contributed by atoms with Gasteiger partial charge >= 0.3 is 0 Å². The van der Waals surface area contributed by atoms with Crippen molar-refractivity contribution in [1.82, 2.24) is 0 Å². The molecule has 88 valence electrons. The van der Waals surface area contributed by atoms with Gasteiger partial charge in [-0.05, 0) is 78.5 Å². The van der Waals surface area contributed by atoms with Crippen LogP contribution in [0.25, 0.3) is 0 Å². The molecule has 1 saturated carbocycles. The summed E-state index contributed by atoms with van der Waals surface area (Å²) in [5, 5.41) is 0. The minimum atomic E-state index is 0.443. The molecule has 1 fully saturated rings. The summed E-state index contributed by atoms with van der Waals surface area (Å²) in [6.45, 7) is 2.28. The molecule has 16 heavy (non-hydrogen) atoms. The molecule has 0 amide bonds. The fourth-order valence-electron chi connectivity index (χ4n) is 2.48. The monoisotopic (exact) mass is 330 g/mol. The minimum absolute atomic E-state index is 0.443. The molecule has 1 aliphatic rings. The number of halogens is 1. The third kappa shape index (κ3) is 3.12. The summed E-state index contributed by atoms with van der Waals surface area (Å²) in [4.78, 5) is 0. The molecule has 1 aliphatic carbocycles. The predicted octanol–water partition coefficient (Wildman–Crippen LogP) is 4.64. The Kier molecular flexibility index (Phi) is 4.50. The summed E-state index contributed by atoms with van der Waals surface area (Å²) < 4.78 is 7.37. The van der Waals surface area contributed by atoms with Gasteiger partial charge in [-0.15, -0.1) is 0 Å². The second kappa shape index (κ2) is 5.89. The number of hydrogen-bond donors (Lipinski definition) is 0. The summed E-state index contributed by atoms with van der Waals surface area (Å²) in [6, 6.07) is 8.39. The molecule has 0 aliphatic heterocycles. The molecule has 0 aromatic heterocycles. The Labute approximate surface area is 112 Å². The molecular weight excluding hydrogens is 311 g/mol. The fourth-order valence-corrected chi connectivity index (χ4v) is 2.84. The van der Waals surface area contributed by atoms with Crippen molar-refractivity contribution >= 4 is 22.6 Å². The quantitative estimate of drug-likeness (QED) is 0.734. The van der Waals surface area contributed by atoms with Gasteiger partial charge in [-0.2, -0.15) is 0 Å². The topological polar surface area (TPSA) is 9.23 Å². The third-order valence-corrected chi connectivity index (χ3v) is 4.18. The summed E-state index contributed by atoms with van der Waals surface area (Å²) >= 11 is 2.32. The van der Waals surface area contributed by atoms with Crippen LogP contribution < -0.4 is 4.74 Å². The Morgan fingerprint density at radius 3 is 2.56 bits per heavy atom. The van der Waals surface area contributed by atoms with Crippen LogP contribution in [0, 0.1) is 9.49 Å². The Morgan fingerprint density at radius 1 is 1.19 bits per heavy atom. The van der Waals surface area contributed by atoms with E-state index >= 15 is 0 Å². The lowest BCUT2D eigenvalue weighted by molar-refractivity contribution is 0.0904. The molecule has 0 heterocycles. The van der Waals surface area contributed by atoms with Crippen LogP contribution in [0.5, 0.6) is 5.75 Å². The first-order chi connectivity index (χ1) is 7.79. The number of hydrogen-bond acceptors (Lipinski definition) is 1. The van der Waals surface area contributed by atoms with Crippen LogP contribution in [0.1, 0.15) is 39.0 Å². The maximum absolute atomic E-state index is 6.11. The van der Waals surface area contributed by atoms with Crippen molar-refractivity contribution in [2.45, 2.75) is 45.1 Å². The van der Waals surface area contributed by atoms with Crippen LogP contribution >= 0.6 is 22.6 Å². The Bertz CT molecular complexity index is 320. The van der Waals surface area contributed by atoms with Crippen LogP contribution in [0.3, 0.4) is 0 Å². The van der Waals surface area contributed by atoms with E-state index in [0.29, 0.717) is 6.10 Å². The molecule has 0 N–H and O–H groups in total. The average Bonchev–Trinajstić information content (AvgIpc) is 2.33. The van der Waals surface area contributed by atoms with Crippen molar-refractivity contribution in [3.05, 3.63) is 27.8 Å². The fraction of sp³-hybridized carbons (Fsp3) is 0.571. The number of benzene rings is 1. The standard InChI is InChI=1S/C14H19IO/c1-2-11-5-3-4-6-14(11)16-13-9-7-12(15)8-10-13/h7-11,14H,2-6H2,1H3. The molecule has 0 saturated heterocycles. The highest BCUT2D eigenvalue weighted by Crippen LogP contribution is 2.30. The summed E-state index contributed by atoms with van der Waals surface area (Å²) in [7, 11) is 0. The van der Waals surface area contributed by atoms with E-state index < -0.39 is 0 Å². The van der Waals surface area contributed by atoms with Gasteiger partial charge in [0.15, 0.2) is 0 Å². The van der Waals surface area contributed by atoms with Gasteiger partial charge in [-0.1, -0.05) is 13.3 Å². The number of rotatable bonds is 3. The first-order valence-electron chi connectivity index (χ1n) is 6.22. The molecule has 2 rings (SSSR count). The Hall–Kier alpha value is -0.250. The van der Waals surface area contributed by atoms with E-state index in [1.54, 1.807) is 0 Å². The van der Waals surface area contributed by atoms with Gasteiger partial charge in [0.25, 0.3) is 0 Å². The Morgan fingerprint density at radius 2 is 1.88 bits per heavy atom. The van der Waals surface area contributed by atoms with Gasteiger partial charge < -0.3 is 4.74 Å². The predicted molar refractivity (Wildman–Crippen MR) is 75.8 cm³/mol. The molecular formula is C14H19IO. The van der Waals surface area contributed by atoms with Crippen molar-refractivity contribution in [2.24, 2.45) is 5.92 Å². The normalized spacial score (nSPS) is 25.4. The zero-order valence-corrected chi connectivity index (χ0v) is 11.9. The largest absolute Gasteiger partial charge is 0.490 e. The van der Waals surface area contributed by atoms with E-state index in [1.807, 2.05) is 0 Å². The summed E-state index contributed by atoms with van der Waals surface area (Å²) in [5.41, 5.74) is 0. The molecule has 1 nitrogen and oxygen atoms in total. The second-order valence-electron chi connectivity index (χ2n) is 4.56. The highest BCUT2D eigenvalue weighted by atomic mass is 127. The van der Waals surface area contributed by atoms with Gasteiger partial charge in [0.05, 0.1) is 0 Å². The first kappa shape index (κ1) is 12.2. The van der Waals surface area contributed by atoms with Crippen LogP contribution in [0.2, 0.25) is 0 Å². The SMILES string of the molecule is CCC1CCCCC1Oc1ccc(I)cc1. The lowest BCUT2D eigenvalue weighted by Gasteiger charge is -2.31. The van der Waals surface area contributed by atoms with E-state index in [9.17, 15) is 0 Å².